The molecular weight excluding hydrogens is 208 g/mol. The molecule has 0 aliphatic heterocycles. The van der Waals surface area contributed by atoms with Gasteiger partial charge in [-0.05, 0) is 27.2 Å². The maximum atomic E-state index is 11.5. The average Bonchev–Trinajstić information content (AvgIpc) is 2.10. The van der Waals surface area contributed by atoms with E-state index >= 15 is 0 Å². The number of hydrogen-bond donors (Lipinski definition) is 1. The number of hydrogen-bond acceptors (Lipinski definition) is 4. The molecule has 2 N–H and O–H groups in total. The van der Waals surface area contributed by atoms with Gasteiger partial charge >= 0.3 is 5.97 Å². The molecule has 0 saturated heterocycles. The molecule has 0 aliphatic carbocycles. The van der Waals surface area contributed by atoms with Crippen LogP contribution in [0.2, 0.25) is 0 Å². The standard InChI is InChI=1S/C11H22N2O3/c1-11(2,3)16-10(15)8(12)6-7-9(14)13(4)5/h8H,6-7,12H2,1-5H3/t8-/m1/s1. The van der Waals surface area contributed by atoms with Gasteiger partial charge in [0, 0.05) is 20.5 Å². The highest BCUT2D eigenvalue weighted by atomic mass is 16.6. The maximum Gasteiger partial charge on any atom is 0.323 e. The van der Waals surface area contributed by atoms with Crippen molar-refractivity contribution in [3.63, 3.8) is 0 Å². The predicted molar refractivity (Wildman–Crippen MR) is 61.7 cm³/mol. The predicted octanol–water partition coefficient (Wildman–Crippen LogP) is 0.524. The molecular formula is C11H22N2O3. The lowest BCUT2D eigenvalue weighted by Gasteiger charge is -2.22. The van der Waals surface area contributed by atoms with Crippen molar-refractivity contribution >= 4 is 11.9 Å². The van der Waals surface area contributed by atoms with Crippen molar-refractivity contribution < 1.29 is 14.3 Å². The molecule has 1 amide bonds. The molecule has 0 rings (SSSR count). The van der Waals surface area contributed by atoms with Gasteiger partial charge in [0.2, 0.25) is 5.91 Å². The van der Waals surface area contributed by atoms with Crippen molar-refractivity contribution in [2.45, 2.75) is 45.3 Å². The Bertz CT molecular complexity index is 256. The molecule has 0 saturated carbocycles. The molecule has 0 spiro atoms. The summed E-state index contributed by atoms with van der Waals surface area (Å²) in [5.41, 5.74) is 5.09. The van der Waals surface area contributed by atoms with Crippen LogP contribution in [0.15, 0.2) is 0 Å². The van der Waals surface area contributed by atoms with E-state index in [1.54, 1.807) is 34.9 Å². The van der Waals surface area contributed by atoms with Gasteiger partial charge in [0.25, 0.3) is 0 Å². The molecule has 0 radical (unpaired) electrons. The minimum Gasteiger partial charge on any atom is -0.459 e. The zero-order chi connectivity index (χ0) is 12.9. The van der Waals surface area contributed by atoms with Crippen LogP contribution in [0.1, 0.15) is 33.6 Å². The van der Waals surface area contributed by atoms with Crippen LogP contribution in [0.25, 0.3) is 0 Å². The summed E-state index contributed by atoms with van der Waals surface area (Å²) in [5, 5.41) is 0. The molecule has 5 heteroatoms. The van der Waals surface area contributed by atoms with E-state index in [2.05, 4.69) is 0 Å². The smallest absolute Gasteiger partial charge is 0.323 e. The highest BCUT2D eigenvalue weighted by Gasteiger charge is 2.22. The monoisotopic (exact) mass is 230 g/mol. The Labute approximate surface area is 96.9 Å². The quantitative estimate of drug-likeness (QED) is 0.715. The lowest BCUT2D eigenvalue weighted by atomic mass is 10.1. The molecule has 5 nitrogen and oxygen atoms in total. The van der Waals surface area contributed by atoms with Gasteiger partial charge in [0.1, 0.15) is 11.6 Å². The Balaban J connectivity index is 4.03. The van der Waals surface area contributed by atoms with Crippen molar-refractivity contribution in [3.8, 4) is 0 Å². The summed E-state index contributed by atoms with van der Waals surface area (Å²) >= 11 is 0. The Morgan fingerprint density at radius 1 is 1.31 bits per heavy atom. The van der Waals surface area contributed by atoms with Crippen molar-refractivity contribution in [3.05, 3.63) is 0 Å². The number of carbonyl (C=O) groups excluding carboxylic acids is 2. The van der Waals surface area contributed by atoms with E-state index in [9.17, 15) is 9.59 Å². The van der Waals surface area contributed by atoms with Crippen LogP contribution in [0, 0.1) is 0 Å². The molecule has 0 heterocycles. The summed E-state index contributed by atoms with van der Waals surface area (Å²) in [4.78, 5) is 24.2. The van der Waals surface area contributed by atoms with Crippen molar-refractivity contribution in [2.75, 3.05) is 14.1 Å². The molecule has 0 unspecified atom stereocenters. The number of nitrogens with two attached hydrogens (primary N) is 1. The van der Waals surface area contributed by atoms with Gasteiger partial charge in [0.05, 0.1) is 0 Å². The second-order valence-corrected chi connectivity index (χ2v) is 4.97. The first-order valence-electron chi connectivity index (χ1n) is 5.32. The second-order valence-electron chi connectivity index (χ2n) is 4.97. The molecule has 0 bridgehead atoms. The summed E-state index contributed by atoms with van der Waals surface area (Å²) in [6.07, 6.45) is 0.569. The molecule has 94 valence electrons. The number of amides is 1. The first-order chi connectivity index (χ1) is 7.13. The maximum absolute atomic E-state index is 11.5. The van der Waals surface area contributed by atoms with Crippen LogP contribution in [0.5, 0.6) is 0 Å². The van der Waals surface area contributed by atoms with Crippen molar-refractivity contribution in [1.29, 1.82) is 0 Å². The lowest BCUT2D eigenvalue weighted by molar-refractivity contribution is -0.156. The molecule has 16 heavy (non-hydrogen) atoms. The van der Waals surface area contributed by atoms with Gasteiger partial charge in [-0.25, -0.2) is 0 Å². The summed E-state index contributed by atoms with van der Waals surface area (Å²) in [5.74, 6) is -0.502. The van der Waals surface area contributed by atoms with Gasteiger partial charge in [-0.3, -0.25) is 9.59 Å². The van der Waals surface area contributed by atoms with Gasteiger partial charge in [-0.2, -0.15) is 0 Å². The second kappa shape index (κ2) is 5.84. The zero-order valence-electron chi connectivity index (χ0n) is 10.7. The third-order valence-corrected chi connectivity index (χ3v) is 1.88. The van der Waals surface area contributed by atoms with Crippen LogP contribution in [0.4, 0.5) is 0 Å². The van der Waals surface area contributed by atoms with E-state index in [1.807, 2.05) is 0 Å². The average molecular weight is 230 g/mol. The van der Waals surface area contributed by atoms with Gasteiger partial charge in [-0.15, -0.1) is 0 Å². The van der Waals surface area contributed by atoms with E-state index in [0.29, 0.717) is 6.42 Å². The summed E-state index contributed by atoms with van der Waals surface area (Å²) in [6, 6.07) is -0.733. The van der Waals surface area contributed by atoms with Crippen LogP contribution in [0.3, 0.4) is 0 Å². The largest absolute Gasteiger partial charge is 0.459 e. The number of rotatable bonds is 4. The Morgan fingerprint density at radius 3 is 2.19 bits per heavy atom. The number of carbonyl (C=O) groups is 2. The third kappa shape index (κ3) is 6.40. The van der Waals surface area contributed by atoms with Gasteiger partial charge < -0.3 is 15.4 Å². The molecule has 0 aromatic heterocycles. The third-order valence-electron chi connectivity index (χ3n) is 1.88. The highest BCUT2D eigenvalue weighted by Crippen LogP contribution is 2.09. The van der Waals surface area contributed by atoms with Gasteiger partial charge in [0.15, 0.2) is 0 Å². The van der Waals surface area contributed by atoms with Gasteiger partial charge in [-0.1, -0.05) is 0 Å². The number of nitrogens with zero attached hydrogens (tertiary/aromatic N) is 1. The van der Waals surface area contributed by atoms with E-state index in [-0.39, 0.29) is 12.3 Å². The Kier molecular flexibility index (Phi) is 5.44. The van der Waals surface area contributed by atoms with E-state index < -0.39 is 17.6 Å². The van der Waals surface area contributed by atoms with Crippen LogP contribution >= 0.6 is 0 Å². The molecule has 0 fully saturated rings. The van der Waals surface area contributed by atoms with Crippen LogP contribution in [-0.4, -0.2) is 42.5 Å². The van der Waals surface area contributed by atoms with E-state index in [0.717, 1.165) is 0 Å². The molecule has 0 aromatic carbocycles. The molecule has 1 atom stereocenters. The topological polar surface area (TPSA) is 72.6 Å². The van der Waals surface area contributed by atoms with E-state index in [1.165, 1.54) is 4.90 Å². The van der Waals surface area contributed by atoms with Crippen molar-refractivity contribution in [2.24, 2.45) is 5.73 Å². The zero-order valence-corrected chi connectivity index (χ0v) is 10.7. The first kappa shape index (κ1) is 14.9. The SMILES string of the molecule is CN(C)C(=O)CC[C@@H](N)C(=O)OC(C)(C)C. The molecule has 0 aromatic rings. The fourth-order valence-corrected chi connectivity index (χ4v) is 0.998. The van der Waals surface area contributed by atoms with E-state index in [4.69, 9.17) is 10.5 Å². The Hall–Kier alpha value is -1.10. The normalized spacial score (nSPS) is 13.1. The summed E-state index contributed by atoms with van der Waals surface area (Å²) < 4.78 is 5.10. The van der Waals surface area contributed by atoms with Crippen LogP contribution in [-0.2, 0) is 14.3 Å². The Morgan fingerprint density at radius 2 is 1.81 bits per heavy atom. The lowest BCUT2D eigenvalue weighted by Crippen LogP contribution is -2.38. The number of esters is 1. The van der Waals surface area contributed by atoms with Crippen molar-refractivity contribution in [1.82, 2.24) is 4.90 Å². The summed E-state index contributed by atoms with van der Waals surface area (Å²) in [6.45, 7) is 5.34. The fraction of sp³-hybridized carbons (Fsp3) is 0.818. The summed E-state index contributed by atoms with van der Waals surface area (Å²) in [7, 11) is 3.34. The minimum absolute atomic E-state index is 0.0426. The molecule has 0 aliphatic rings. The number of ether oxygens (including phenoxy) is 1. The minimum atomic E-state index is -0.733. The highest BCUT2D eigenvalue weighted by molar-refractivity contribution is 5.79. The fourth-order valence-electron chi connectivity index (χ4n) is 0.998. The first-order valence-corrected chi connectivity index (χ1v) is 5.32. The van der Waals surface area contributed by atoms with Crippen LogP contribution < -0.4 is 5.73 Å².